The summed E-state index contributed by atoms with van der Waals surface area (Å²) in [6.45, 7) is 1.10. The number of nitrogens with one attached hydrogen (secondary N) is 1. The lowest BCUT2D eigenvalue weighted by Gasteiger charge is -2.34. The molecule has 1 N–H and O–H groups in total. The van der Waals surface area contributed by atoms with Crippen LogP contribution in [0.3, 0.4) is 0 Å². The number of sulfonamides is 1. The van der Waals surface area contributed by atoms with Crippen molar-refractivity contribution in [3.05, 3.63) is 28.5 Å². The monoisotopic (exact) mass is 364 g/mol. The average molecular weight is 365 g/mol. The van der Waals surface area contributed by atoms with E-state index in [1.54, 1.807) is 7.05 Å². The molecule has 1 aromatic carbocycles. The molecule has 0 saturated carbocycles. The largest absolute Gasteiger partial charge is 0.318 e. The predicted octanol–water partition coefficient (Wildman–Crippen LogP) is 2.35. The first-order valence-electron chi connectivity index (χ1n) is 6.58. The molecular weight excluding hydrogens is 347 g/mol. The van der Waals surface area contributed by atoms with Gasteiger partial charge < -0.3 is 5.32 Å². The van der Waals surface area contributed by atoms with Crippen LogP contribution < -0.4 is 5.32 Å². The molecule has 1 unspecified atom stereocenters. The van der Waals surface area contributed by atoms with Crippen LogP contribution in [0.25, 0.3) is 0 Å². The molecule has 1 heterocycles. The van der Waals surface area contributed by atoms with Crippen LogP contribution in [0, 0.1) is 5.82 Å². The van der Waals surface area contributed by atoms with E-state index < -0.39 is 15.8 Å². The zero-order valence-corrected chi connectivity index (χ0v) is 13.7. The fraction of sp³-hybridized carbons (Fsp3) is 0.538. The highest BCUT2D eigenvalue weighted by atomic mass is 79.9. The van der Waals surface area contributed by atoms with Gasteiger partial charge in [0, 0.05) is 19.1 Å². The van der Waals surface area contributed by atoms with Crippen molar-refractivity contribution in [3.8, 4) is 0 Å². The Morgan fingerprint density at radius 2 is 2.20 bits per heavy atom. The van der Waals surface area contributed by atoms with Gasteiger partial charge in [0.05, 0.1) is 9.37 Å². The highest BCUT2D eigenvalue weighted by Gasteiger charge is 2.33. The molecule has 1 aliphatic heterocycles. The van der Waals surface area contributed by atoms with Gasteiger partial charge in [-0.2, -0.15) is 4.31 Å². The number of piperidine rings is 1. The Labute approximate surface area is 127 Å². The highest BCUT2D eigenvalue weighted by Crippen LogP contribution is 2.27. The van der Waals surface area contributed by atoms with E-state index in [1.807, 2.05) is 0 Å². The molecule has 0 amide bonds. The lowest BCUT2D eigenvalue weighted by molar-refractivity contribution is 0.249. The SMILES string of the molecule is CNCC1CCCCN1S(=O)(=O)c1ccc(Br)c(F)c1. The van der Waals surface area contributed by atoms with E-state index in [0.717, 1.165) is 25.3 Å². The number of halogens is 2. The van der Waals surface area contributed by atoms with Crippen molar-refractivity contribution in [2.75, 3.05) is 20.1 Å². The Morgan fingerprint density at radius 3 is 2.85 bits per heavy atom. The lowest BCUT2D eigenvalue weighted by atomic mass is 10.1. The second-order valence-corrected chi connectivity index (χ2v) is 7.64. The molecule has 1 aliphatic rings. The van der Waals surface area contributed by atoms with Crippen LogP contribution >= 0.6 is 15.9 Å². The fourth-order valence-electron chi connectivity index (χ4n) is 2.50. The molecule has 0 radical (unpaired) electrons. The lowest BCUT2D eigenvalue weighted by Crippen LogP contribution is -2.47. The molecule has 1 aromatic rings. The number of nitrogens with zero attached hydrogens (tertiary/aromatic N) is 1. The molecule has 1 fully saturated rings. The van der Waals surface area contributed by atoms with Gasteiger partial charge in [-0.3, -0.25) is 0 Å². The third-order valence-corrected chi connectivity index (χ3v) is 6.10. The molecule has 4 nitrogen and oxygen atoms in total. The molecule has 2 rings (SSSR count). The van der Waals surface area contributed by atoms with E-state index in [2.05, 4.69) is 21.2 Å². The van der Waals surface area contributed by atoms with E-state index in [9.17, 15) is 12.8 Å². The minimum atomic E-state index is -3.64. The molecule has 1 saturated heterocycles. The van der Waals surface area contributed by atoms with E-state index in [1.165, 1.54) is 16.4 Å². The van der Waals surface area contributed by atoms with Crippen LogP contribution in [0.2, 0.25) is 0 Å². The molecule has 20 heavy (non-hydrogen) atoms. The quantitative estimate of drug-likeness (QED) is 0.891. The summed E-state index contributed by atoms with van der Waals surface area (Å²) in [5, 5.41) is 3.02. The molecule has 0 bridgehead atoms. The topological polar surface area (TPSA) is 49.4 Å². The van der Waals surface area contributed by atoms with Gasteiger partial charge in [-0.25, -0.2) is 12.8 Å². The number of hydrogen-bond donors (Lipinski definition) is 1. The summed E-state index contributed by atoms with van der Waals surface area (Å²) in [6.07, 6.45) is 2.70. The first kappa shape index (κ1) is 15.9. The van der Waals surface area contributed by atoms with Gasteiger partial charge in [-0.05, 0) is 54.0 Å². The second-order valence-electron chi connectivity index (χ2n) is 4.90. The van der Waals surface area contributed by atoms with Crippen LogP contribution in [-0.2, 0) is 10.0 Å². The Hall–Kier alpha value is -0.500. The summed E-state index contributed by atoms with van der Waals surface area (Å²) >= 11 is 3.04. The summed E-state index contributed by atoms with van der Waals surface area (Å²) in [4.78, 5) is 0.0150. The van der Waals surface area contributed by atoms with E-state index in [0.29, 0.717) is 13.1 Å². The maximum atomic E-state index is 13.6. The van der Waals surface area contributed by atoms with Crippen LogP contribution in [-0.4, -0.2) is 38.9 Å². The molecule has 112 valence electrons. The minimum Gasteiger partial charge on any atom is -0.318 e. The molecule has 0 aromatic heterocycles. The number of likely N-dealkylation sites (N-methyl/N-ethyl adjacent to an activating group) is 1. The second kappa shape index (κ2) is 6.51. The zero-order valence-electron chi connectivity index (χ0n) is 11.3. The summed E-state index contributed by atoms with van der Waals surface area (Å²) in [7, 11) is -1.84. The highest BCUT2D eigenvalue weighted by molar-refractivity contribution is 9.10. The van der Waals surface area contributed by atoms with Crippen LogP contribution in [0.15, 0.2) is 27.6 Å². The summed E-state index contributed by atoms with van der Waals surface area (Å²) < 4.78 is 40.6. The van der Waals surface area contributed by atoms with Crippen LogP contribution in [0.4, 0.5) is 4.39 Å². The Bertz CT molecular complexity index is 578. The smallest absolute Gasteiger partial charge is 0.243 e. The van der Waals surface area contributed by atoms with Gasteiger partial charge in [-0.15, -0.1) is 0 Å². The Kier molecular flexibility index (Phi) is 5.17. The number of benzene rings is 1. The van der Waals surface area contributed by atoms with Crippen molar-refractivity contribution < 1.29 is 12.8 Å². The fourth-order valence-corrected chi connectivity index (χ4v) is 4.45. The standard InChI is InChI=1S/C13H18BrFN2O2S/c1-16-9-10-4-2-3-7-17(10)20(18,19)11-5-6-12(14)13(15)8-11/h5-6,8,10,16H,2-4,7,9H2,1H3. The third kappa shape index (κ3) is 3.21. The van der Waals surface area contributed by atoms with Crippen molar-refractivity contribution >= 4 is 26.0 Å². The molecular formula is C13H18BrFN2O2S. The minimum absolute atomic E-state index is 0.0150. The predicted molar refractivity (Wildman–Crippen MR) is 79.6 cm³/mol. The maximum absolute atomic E-state index is 13.6. The first-order valence-corrected chi connectivity index (χ1v) is 8.81. The first-order chi connectivity index (χ1) is 9.46. The Morgan fingerprint density at radius 1 is 1.45 bits per heavy atom. The van der Waals surface area contributed by atoms with Crippen molar-refractivity contribution in [2.45, 2.75) is 30.2 Å². The molecule has 0 spiro atoms. The van der Waals surface area contributed by atoms with Crippen molar-refractivity contribution in [2.24, 2.45) is 0 Å². The van der Waals surface area contributed by atoms with E-state index in [4.69, 9.17) is 0 Å². The van der Waals surface area contributed by atoms with Gasteiger partial charge in [0.25, 0.3) is 0 Å². The van der Waals surface area contributed by atoms with E-state index >= 15 is 0 Å². The normalized spacial score (nSPS) is 21.1. The summed E-state index contributed by atoms with van der Waals surface area (Å²) in [5.41, 5.74) is 0. The maximum Gasteiger partial charge on any atom is 0.243 e. The number of hydrogen-bond acceptors (Lipinski definition) is 3. The Balaban J connectivity index is 2.34. The van der Waals surface area contributed by atoms with Gasteiger partial charge >= 0.3 is 0 Å². The number of rotatable bonds is 4. The summed E-state index contributed by atoms with van der Waals surface area (Å²) in [5.74, 6) is -0.562. The summed E-state index contributed by atoms with van der Waals surface area (Å²) in [6, 6.07) is 3.88. The van der Waals surface area contributed by atoms with Gasteiger partial charge in [-0.1, -0.05) is 6.42 Å². The van der Waals surface area contributed by atoms with E-state index in [-0.39, 0.29) is 15.4 Å². The molecule has 0 aliphatic carbocycles. The van der Waals surface area contributed by atoms with Crippen LogP contribution in [0.5, 0.6) is 0 Å². The average Bonchev–Trinajstić information content (AvgIpc) is 2.42. The molecule has 1 atom stereocenters. The molecule has 7 heteroatoms. The van der Waals surface area contributed by atoms with Crippen LogP contribution in [0.1, 0.15) is 19.3 Å². The van der Waals surface area contributed by atoms with Crippen molar-refractivity contribution in [1.29, 1.82) is 0 Å². The third-order valence-electron chi connectivity index (χ3n) is 3.51. The zero-order chi connectivity index (χ0) is 14.8. The van der Waals surface area contributed by atoms with Crippen molar-refractivity contribution in [3.63, 3.8) is 0 Å². The van der Waals surface area contributed by atoms with Gasteiger partial charge in [0.2, 0.25) is 10.0 Å². The van der Waals surface area contributed by atoms with Gasteiger partial charge in [0.15, 0.2) is 0 Å². The van der Waals surface area contributed by atoms with Gasteiger partial charge in [0.1, 0.15) is 5.82 Å². The van der Waals surface area contributed by atoms with Crippen molar-refractivity contribution in [1.82, 2.24) is 9.62 Å².